The number of ether oxygens (including phenoxy) is 1. The molecule has 0 heterocycles. The van der Waals surface area contributed by atoms with Gasteiger partial charge in [-0.15, -0.1) is 11.8 Å². The van der Waals surface area contributed by atoms with Crippen molar-refractivity contribution in [3.63, 3.8) is 0 Å². The van der Waals surface area contributed by atoms with Crippen molar-refractivity contribution in [2.75, 3.05) is 19.2 Å². The van der Waals surface area contributed by atoms with Gasteiger partial charge in [-0.3, -0.25) is 0 Å². The molecule has 3 nitrogen and oxygen atoms in total. The van der Waals surface area contributed by atoms with Crippen LogP contribution in [0.25, 0.3) is 0 Å². The SMILES string of the molecule is COc1ccc(C(F)(F)F)cc1SCc1c(Br)cccc1N(C)N. The van der Waals surface area contributed by atoms with E-state index in [1.165, 1.54) is 29.9 Å². The van der Waals surface area contributed by atoms with E-state index in [-0.39, 0.29) is 0 Å². The highest BCUT2D eigenvalue weighted by Gasteiger charge is 2.31. The highest BCUT2D eigenvalue weighted by Crippen LogP contribution is 2.39. The minimum absolute atomic E-state index is 0.405. The van der Waals surface area contributed by atoms with Gasteiger partial charge >= 0.3 is 6.18 Å². The fourth-order valence-corrected chi connectivity index (χ4v) is 3.93. The summed E-state index contributed by atoms with van der Waals surface area (Å²) >= 11 is 4.73. The fraction of sp³-hybridized carbons (Fsp3) is 0.250. The lowest BCUT2D eigenvalue weighted by Gasteiger charge is -2.19. The van der Waals surface area contributed by atoms with Gasteiger partial charge in [0.25, 0.3) is 0 Å². The van der Waals surface area contributed by atoms with Gasteiger partial charge < -0.3 is 9.75 Å². The van der Waals surface area contributed by atoms with Crippen molar-refractivity contribution < 1.29 is 17.9 Å². The number of methoxy groups -OCH3 is 1. The molecule has 8 heteroatoms. The Morgan fingerprint density at radius 2 is 1.96 bits per heavy atom. The average molecular weight is 421 g/mol. The molecule has 2 rings (SSSR count). The van der Waals surface area contributed by atoms with Crippen molar-refractivity contribution >= 4 is 33.4 Å². The van der Waals surface area contributed by atoms with E-state index in [2.05, 4.69) is 15.9 Å². The third kappa shape index (κ3) is 4.37. The van der Waals surface area contributed by atoms with Crippen molar-refractivity contribution in [1.82, 2.24) is 0 Å². The summed E-state index contributed by atoms with van der Waals surface area (Å²) in [7, 11) is 3.14. The van der Waals surface area contributed by atoms with Gasteiger partial charge in [0.15, 0.2) is 0 Å². The normalized spacial score (nSPS) is 11.5. The first kappa shape index (κ1) is 19.0. The number of nitrogens with zero attached hydrogens (tertiary/aromatic N) is 1. The Labute approximate surface area is 151 Å². The molecule has 2 aromatic rings. The summed E-state index contributed by atoms with van der Waals surface area (Å²) in [6.07, 6.45) is -4.39. The minimum Gasteiger partial charge on any atom is -0.496 e. The van der Waals surface area contributed by atoms with Crippen molar-refractivity contribution in [2.45, 2.75) is 16.8 Å². The number of nitrogens with two attached hydrogens (primary N) is 1. The molecule has 0 bridgehead atoms. The fourth-order valence-electron chi connectivity index (χ4n) is 2.14. The Balaban J connectivity index is 2.33. The number of alkyl halides is 3. The third-order valence-corrected chi connectivity index (χ3v) is 5.14. The van der Waals surface area contributed by atoms with E-state index >= 15 is 0 Å². The summed E-state index contributed by atoms with van der Waals surface area (Å²) in [5.41, 5.74) is 0.990. The molecule has 0 fully saturated rings. The Bertz CT molecular complexity index is 723. The predicted molar refractivity (Wildman–Crippen MR) is 94.3 cm³/mol. The van der Waals surface area contributed by atoms with Gasteiger partial charge in [-0.1, -0.05) is 22.0 Å². The lowest BCUT2D eigenvalue weighted by molar-refractivity contribution is -0.137. The molecule has 0 atom stereocenters. The van der Waals surface area contributed by atoms with Crippen LogP contribution in [-0.2, 0) is 11.9 Å². The van der Waals surface area contributed by atoms with Crippen LogP contribution >= 0.6 is 27.7 Å². The zero-order chi connectivity index (χ0) is 17.9. The van der Waals surface area contributed by atoms with Gasteiger partial charge in [0.1, 0.15) is 5.75 Å². The zero-order valence-electron chi connectivity index (χ0n) is 13.0. The van der Waals surface area contributed by atoms with Crippen LogP contribution in [0.3, 0.4) is 0 Å². The Hall–Kier alpha value is -1.38. The highest BCUT2D eigenvalue weighted by molar-refractivity contribution is 9.10. The molecule has 0 saturated carbocycles. The van der Waals surface area contributed by atoms with Gasteiger partial charge in [-0.05, 0) is 30.3 Å². The number of halogens is 4. The molecule has 130 valence electrons. The van der Waals surface area contributed by atoms with Crippen molar-refractivity contribution in [3.05, 3.63) is 52.0 Å². The maximum Gasteiger partial charge on any atom is 0.416 e. The Kier molecular flexibility index (Phi) is 6.06. The Morgan fingerprint density at radius 1 is 1.25 bits per heavy atom. The standard InChI is InChI=1S/C16H16BrF3N2OS/c1-22(21)13-5-3-4-12(17)11(13)9-24-15-8-10(16(18,19)20)6-7-14(15)23-2/h3-8H,9,21H2,1-2H3. The summed E-state index contributed by atoms with van der Waals surface area (Å²) in [5.74, 6) is 6.67. The second kappa shape index (κ2) is 7.67. The zero-order valence-corrected chi connectivity index (χ0v) is 15.4. The van der Waals surface area contributed by atoms with Gasteiger partial charge in [0.2, 0.25) is 0 Å². The quantitative estimate of drug-likeness (QED) is 0.415. The van der Waals surface area contributed by atoms with E-state index < -0.39 is 11.7 Å². The van der Waals surface area contributed by atoms with E-state index in [0.717, 1.165) is 27.9 Å². The van der Waals surface area contributed by atoms with E-state index in [1.54, 1.807) is 7.05 Å². The number of anilines is 1. The first-order valence-corrected chi connectivity index (χ1v) is 8.65. The molecule has 0 saturated heterocycles. The first-order valence-electron chi connectivity index (χ1n) is 6.88. The number of benzene rings is 2. The van der Waals surface area contributed by atoms with Gasteiger partial charge in [0.05, 0.1) is 23.3 Å². The van der Waals surface area contributed by atoms with Gasteiger partial charge in [-0.2, -0.15) is 13.2 Å². The molecule has 2 N–H and O–H groups in total. The molecule has 0 unspecified atom stereocenters. The summed E-state index contributed by atoms with van der Waals surface area (Å²) in [5, 5.41) is 1.48. The average Bonchev–Trinajstić information content (AvgIpc) is 2.52. The number of hydrogen-bond donors (Lipinski definition) is 1. The van der Waals surface area contributed by atoms with Crippen LogP contribution in [0.15, 0.2) is 45.8 Å². The van der Waals surface area contributed by atoms with E-state index in [0.29, 0.717) is 16.4 Å². The van der Waals surface area contributed by atoms with Crippen molar-refractivity contribution in [1.29, 1.82) is 0 Å². The topological polar surface area (TPSA) is 38.5 Å². The van der Waals surface area contributed by atoms with Crippen molar-refractivity contribution in [2.24, 2.45) is 5.84 Å². The molecule has 24 heavy (non-hydrogen) atoms. The smallest absolute Gasteiger partial charge is 0.416 e. The highest BCUT2D eigenvalue weighted by atomic mass is 79.9. The summed E-state index contributed by atoms with van der Waals surface area (Å²) in [6, 6.07) is 9.02. The van der Waals surface area contributed by atoms with Crippen LogP contribution in [-0.4, -0.2) is 14.2 Å². The van der Waals surface area contributed by atoms with E-state index in [4.69, 9.17) is 10.6 Å². The third-order valence-electron chi connectivity index (χ3n) is 3.34. The number of thioether (sulfide) groups is 1. The molecule has 0 radical (unpaired) electrons. The van der Waals surface area contributed by atoms with E-state index in [1.807, 2.05) is 18.2 Å². The summed E-state index contributed by atoms with van der Waals surface area (Å²) in [6.45, 7) is 0. The summed E-state index contributed by atoms with van der Waals surface area (Å²) < 4.78 is 44.8. The van der Waals surface area contributed by atoms with Crippen molar-refractivity contribution in [3.8, 4) is 5.75 Å². The van der Waals surface area contributed by atoms with Crippen LogP contribution < -0.4 is 15.6 Å². The molecular weight excluding hydrogens is 405 g/mol. The number of hydrazine groups is 1. The molecule has 0 aliphatic rings. The molecule has 0 spiro atoms. The van der Waals surface area contributed by atoms with E-state index in [9.17, 15) is 13.2 Å². The summed E-state index contributed by atoms with van der Waals surface area (Å²) in [4.78, 5) is 0.425. The second-order valence-electron chi connectivity index (χ2n) is 5.00. The lowest BCUT2D eigenvalue weighted by atomic mass is 10.2. The maximum atomic E-state index is 12.9. The molecule has 0 aliphatic carbocycles. The Morgan fingerprint density at radius 3 is 2.54 bits per heavy atom. The van der Waals surface area contributed by atoms with Crippen LogP contribution in [0.1, 0.15) is 11.1 Å². The molecule has 0 aliphatic heterocycles. The van der Waals surface area contributed by atoms with Crippen LogP contribution in [0.4, 0.5) is 18.9 Å². The monoisotopic (exact) mass is 420 g/mol. The minimum atomic E-state index is -4.39. The van der Waals surface area contributed by atoms with Gasteiger partial charge in [0, 0.05) is 22.8 Å². The molecule has 0 amide bonds. The lowest BCUT2D eigenvalue weighted by Crippen LogP contribution is -2.26. The predicted octanol–water partition coefficient (Wildman–Crippen LogP) is 5.08. The molecular formula is C16H16BrF3N2OS. The van der Waals surface area contributed by atoms with Crippen LogP contribution in [0.5, 0.6) is 5.75 Å². The number of rotatable bonds is 5. The maximum absolute atomic E-state index is 12.9. The first-order chi connectivity index (χ1) is 11.2. The molecule has 0 aromatic heterocycles. The van der Waals surface area contributed by atoms with Gasteiger partial charge in [-0.25, -0.2) is 5.84 Å². The largest absolute Gasteiger partial charge is 0.496 e. The number of hydrogen-bond acceptors (Lipinski definition) is 4. The molecule has 2 aromatic carbocycles. The van der Waals surface area contributed by atoms with Crippen LogP contribution in [0, 0.1) is 0 Å². The second-order valence-corrected chi connectivity index (χ2v) is 6.87. The van der Waals surface area contributed by atoms with Crippen LogP contribution in [0.2, 0.25) is 0 Å².